The number of carbonyl (C=O) groups is 4. The molecule has 4 aliphatic heterocycles. The second-order valence-corrected chi connectivity index (χ2v) is 36.5. The van der Waals surface area contributed by atoms with Crippen LogP contribution in [0.25, 0.3) is 43.1 Å². The van der Waals surface area contributed by atoms with Crippen molar-refractivity contribution in [2.24, 2.45) is 35.5 Å². The van der Waals surface area contributed by atoms with Crippen LogP contribution in [-0.2, 0) is 45.9 Å². The molecule has 0 spiro atoms. The third kappa shape index (κ3) is 24.4. The van der Waals surface area contributed by atoms with Crippen LogP contribution in [0, 0.1) is 39.1 Å². The fourth-order valence-electron chi connectivity index (χ4n) is 19.8. The van der Waals surface area contributed by atoms with E-state index in [4.69, 9.17) is 23.7 Å². The average molecular weight is 1970 g/mol. The number of carboxylic acids is 1. The van der Waals surface area contributed by atoms with Gasteiger partial charge in [0.15, 0.2) is 12.6 Å². The Labute approximate surface area is 747 Å². The molecule has 4 bridgehead atoms. The van der Waals surface area contributed by atoms with E-state index in [2.05, 4.69) is 52.3 Å². The van der Waals surface area contributed by atoms with E-state index in [0.29, 0.717) is 97.8 Å². The first-order valence-electron chi connectivity index (χ1n) is 43.5. The molecule has 16 rings (SSSR count). The Kier molecular flexibility index (Phi) is 30.8. The first-order chi connectivity index (χ1) is 61.2. The zero-order chi connectivity index (χ0) is 93.9. The van der Waals surface area contributed by atoms with Gasteiger partial charge in [-0.1, -0.05) is 37.1 Å². The summed E-state index contributed by atoms with van der Waals surface area (Å²) in [5, 5.41) is 11.7. The van der Waals surface area contributed by atoms with Crippen molar-refractivity contribution in [1.82, 2.24) is 29.7 Å². The molecular formula is C92H96F21IN6O10. The number of aromatic nitrogens is 4. The van der Waals surface area contributed by atoms with Gasteiger partial charge >= 0.3 is 55.2 Å². The predicted molar refractivity (Wildman–Crippen MR) is 443 cm³/mol. The SMILES string of the molecule is CC(C)OC(=O)C1CC2CCCC(C1)N2Cc1cc2ccc(OC3CCC(C(F)(F)F)CC3)c(C(F)(F)F)c2cn1.O=C(O)C1CC2CCCC(C1)N2Cc1cc2ccc(OC3CCC(C(F)(F)F)CC3)c(C(F)(F)F)c2cn1.O=Cc1cc2ccc(OC3CCC(C(F)(F)F)CC3)c(C(F)(F)F)c2cn1.O=Cc1cc2ccc(OC3CCC(C(F)(F)F)CC3)c(I)c2cn1. The Bertz CT molecular complexity index is 5260. The number of pyridine rings is 4. The molecule has 4 saturated carbocycles. The molecule has 130 heavy (non-hydrogen) atoms. The first-order valence-corrected chi connectivity index (χ1v) is 44.6. The molecule has 0 amide bonds. The molecule has 16 nitrogen and oxygen atoms in total. The largest absolute Gasteiger partial charge is 0.490 e. The van der Waals surface area contributed by atoms with Crippen LogP contribution in [0.3, 0.4) is 0 Å². The van der Waals surface area contributed by atoms with Gasteiger partial charge in [0.2, 0.25) is 0 Å². The maximum Gasteiger partial charge on any atom is 0.420 e. The molecule has 4 aromatic carbocycles. The Hall–Kier alpha value is -8.82. The molecule has 8 heterocycles. The zero-order valence-electron chi connectivity index (χ0n) is 70.5. The number of hydrogen-bond donors (Lipinski definition) is 1. The Morgan fingerprint density at radius 2 is 0.669 bits per heavy atom. The fourth-order valence-corrected chi connectivity index (χ4v) is 20.5. The number of halogens is 22. The highest BCUT2D eigenvalue weighted by atomic mass is 127. The summed E-state index contributed by atoms with van der Waals surface area (Å²) in [5.74, 6) is -7.55. The number of carboxylic acid groups (broad SMARTS) is 1. The summed E-state index contributed by atoms with van der Waals surface area (Å²) in [4.78, 5) is 66.7. The highest BCUT2D eigenvalue weighted by Gasteiger charge is 2.50. The highest BCUT2D eigenvalue weighted by molar-refractivity contribution is 14.1. The van der Waals surface area contributed by atoms with Crippen molar-refractivity contribution in [1.29, 1.82) is 0 Å². The van der Waals surface area contributed by atoms with E-state index in [9.17, 15) is 116 Å². The minimum absolute atomic E-state index is 0.00485. The summed E-state index contributed by atoms with van der Waals surface area (Å²) in [6.45, 7) is 4.57. The lowest BCUT2D eigenvalue weighted by Gasteiger charge is -2.48. The first kappa shape index (κ1) is 98.7. The summed E-state index contributed by atoms with van der Waals surface area (Å²) >= 11 is 2.14. The van der Waals surface area contributed by atoms with E-state index in [1.807, 2.05) is 19.9 Å². The van der Waals surface area contributed by atoms with Crippen molar-refractivity contribution in [3.05, 3.63) is 141 Å². The topological polar surface area (TPSA) is 193 Å². The zero-order valence-corrected chi connectivity index (χ0v) is 72.6. The Morgan fingerprint density at radius 3 is 0.962 bits per heavy atom. The van der Waals surface area contributed by atoms with Crippen LogP contribution >= 0.6 is 22.6 Å². The number of fused-ring (bicyclic) bond motifs is 8. The Balaban J connectivity index is 0.000000151. The quantitative estimate of drug-likeness (QED) is 0.0391. The number of benzene rings is 4. The minimum Gasteiger partial charge on any atom is -0.490 e. The molecule has 38 heteroatoms. The number of ether oxygens (including phenoxy) is 5. The number of esters is 1. The van der Waals surface area contributed by atoms with Crippen LogP contribution in [0.4, 0.5) is 92.2 Å². The van der Waals surface area contributed by atoms with E-state index in [1.54, 1.807) is 36.5 Å². The van der Waals surface area contributed by atoms with Crippen molar-refractivity contribution in [3.63, 3.8) is 0 Å². The van der Waals surface area contributed by atoms with Gasteiger partial charge in [-0.3, -0.25) is 48.9 Å². The van der Waals surface area contributed by atoms with Gasteiger partial charge in [-0.2, -0.15) is 92.2 Å². The third-order valence-electron chi connectivity index (χ3n) is 26.3. The van der Waals surface area contributed by atoms with Gasteiger partial charge in [0.05, 0.1) is 81.0 Å². The van der Waals surface area contributed by atoms with Crippen LogP contribution in [0.2, 0.25) is 0 Å². The lowest BCUT2D eigenvalue weighted by atomic mass is 9.78. The molecular weight excluding hydrogens is 1870 g/mol. The summed E-state index contributed by atoms with van der Waals surface area (Å²) in [6.07, 6.45) is -19.1. The monoisotopic (exact) mass is 1970 g/mol. The van der Waals surface area contributed by atoms with E-state index >= 15 is 0 Å². The maximum absolute atomic E-state index is 14.3. The lowest BCUT2D eigenvalue weighted by Crippen LogP contribution is -2.53. The second-order valence-electron chi connectivity index (χ2n) is 35.4. The number of aliphatic carboxylic acids is 1. The number of rotatable bonds is 17. The minimum atomic E-state index is -4.75. The number of aldehydes is 2. The number of alkyl halides is 21. The van der Waals surface area contributed by atoms with E-state index in [0.717, 1.165) is 65.1 Å². The van der Waals surface area contributed by atoms with Crippen molar-refractivity contribution in [2.45, 2.75) is 292 Å². The van der Waals surface area contributed by atoms with Crippen LogP contribution in [-0.4, -0.2) is 139 Å². The van der Waals surface area contributed by atoms with Gasteiger partial charge in [0, 0.05) is 83.6 Å². The molecule has 708 valence electrons. The molecule has 8 aromatic rings. The molecule has 4 unspecified atom stereocenters. The van der Waals surface area contributed by atoms with Crippen LogP contribution in [0.5, 0.6) is 23.0 Å². The molecule has 8 aliphatic rings. The highest BCUT2D eigenvalue weighted by Crippen LogP contribution is 2.51. The molecule has 4 saturated heterocycles. The summed E-state index contributed by atoms with van der Waals surface area (Å²) in [5.41, 5.74) is -1.35. The van der Waals surface area contributed by atoms with Gasteiger partial charge in [-0.05, 0) is 261 Å². The third-order valence-corrected chi connectivity index (χ3v) is 27.5. The van der Waals surface area contributed by atoms with Crippen LogP contribution < -0.4 is 18.9 Å². The van der Waals surface area contributed by atoms with Crippen molar-refractivity contribution >= 4 is 90.2 Å². The smallest absolute Gasteiger partial charge is 0.420 e. The maximum atomic E-state index is 14.3. The molecule has 4 aliphatic carbocycles. The second kappa shape index (κ2) is 40.5. The molecule has 0 radical (unpaired) electrons. The number of piperidine rings is 4. The van der Waals surface area contributed by atoms with E-state index in [1.165, 1.54) is 42.7 Å². The molecule has 1 N–H and O–H groups in total. The number of carbonyl (C=O) groups excluding carboxylic acids is 3. The predicted octanol–water partition coefficient (Wildman–Crippen LogP) is 25.5. The summed E-state index contributed by atoms with van der Waals surface area (Å²) in [6, 6.07) is 18.5. The number of nitrogens with zero attached hydrogens (tertiary/aromatic N) is 6. The van der Waals surface area contributed by atoms with Crippen molar-refractivity contribution in [2.75, 3.05) is 0 Å². The van der Waals surface area contributed by atoms with Gasteiger partial charge in [0.1, 0.15) is 51.1 Å². The molecule has 8 fully saturated rings. The summed E-state index contributed by atoms with van der Waals surface area (Å²) in [7, 11) is 0. The van der Waals surface area contributed by atoms with Gasteiger partial charge in [0.25, 0.3) is 0 Å². The van der Waals surface area contributed by atoms with Gasteiger partial charge in [-0.15, -0.1) is 0 Å². The van der Waals surface area contributed by atoms with E-state index < -0.39 is 114 Å². The van der Waals surface area contributed by atoms with E-state index in [-0.39, 0.29) is 183 Å². The van der Waals surface area contributed by atoms with Gasteiger partial charge in [-0.25, -0.2) is 0 Å². The van der Waals surface area contributed by atoms with Crippen LogP contribution in [0.1, 0.15) is 230 Å². The standard InChI is InChI=1S/C30H36F6N2O3.C27H30F6N2O3.C18H15F6NO2.C17H15F3INO2/c1-17(2)40-28(39)19-13-22-4-3-5-23(14-19)38(22)16-21-12-18-6-11-26(27(30(34,35)36)25(18)15-37-21)41-24-9-7-20(8-10-24)29(31,32)33;28-26(29,30)17-5-7-21(8-6-17)38-23-9-4-15-10-18(34-13-22(15)24(23)27(31,32)33)14-35-19-2-1-3-20(35)12-16(11-19)25(36)37;19-17(20,21)11-2-4-13(5-3-11)27-15-6-1-10-7-12(9-26)25-8-14(10)16(15)18(22,23)24;18-17(19,20)11-2-4-13(5-3-11)24-15-6-1-10-7-12(9-23)22-8-14(10)16(15)21/h6,11-12,15,17,19-20,22-24H,3-5,7-10,13-14,16H2,1-2H3;4,9-10,13,16-17,19-21H,1-3,5-8,11-12,14H2,(H,36,37);1,6-9,11,13H,2-5H2;1,6-9,11,13H,2-5H2. The fraction of sp³-hybridized carbons (Fsp3) is 0.565. The molecule has 4 atom stereocenters. The average Bonchev–Trinajstić information content (AvgIpc) is 0.760. The Morgan fingerprint density at radius 1 is 0.392 bits per heavy atom. The lowest BCUT2D eigenvalue weighted by molar-refractivity contribution is -0.186. The molecule has 4 aromatic heterocycles. The van der Waals surface area contributed by atoms with Crippen molar-refractivity contribution in [3.8, 4) is 23.0 Å². The number of hydrogen-bond acceptors (Lipinski definition) is 15. The normalized spacial score (nSPS) is 25.6. The van der Waals surface area contributed by atoms with Crippen LogP contribution in [0.15, 0.2) is 97.6 Å². The summed E-state index contributed by atoms with van der Waals surface area (Å²) < 4.78 is 309. The van der Waals surface area contributed by atoms with Gasteiger partial charge < -0.3 is 28.8 Å². The van der Waals surface area contributed by atoms with Crippen molar-refractivity contribution < 1.29 is 140 Å².